The minimum absolute atomic E-state index is 0.0569. The van der Waals surface area contributed by atoms with Crippen molar-refractivity contribution < 1.29 is 19.1 Å². The van der Waals surface area contributed by atoms with Gasteiger partial charge in [0.2, 0.25) is 11.8 Å². The Morgan fingerprint density at radius 3 is 2.36 bits per heavy atom. The van der Waals surface area contributed by atoms with Gasteiger partial charge in [-0.25, -0.2) is 0 Å². The van der Waals surface area contributed by atoms with E-state index in [1.54, 1.807) is 31.3 Å². The van der Waals surface area contributed by atoms with Gasteiger partial charge in [-0.3, -0.25) is 9.59 Å². The molecule has 0 aromatic heterocycles. The van der Waals surface area contributed by atoms with Gasteiger partial charge in [-0.1, -0.05) is 25.3 Å². The molecule has 28 heavy (non-hydrogen) atoms. The monoisotopic (exact) mass is 408 g/mol. The van der Waals surface area contributed by atoms with Crippen LogP contribution in [-0.4, -0.2) is 48.9 Å². The fraction of sp³-hybridized carbons (Fsp3) is 0.619. The summed E-state index contributed by atoms with van der Waals surface area (Å²) in [7, 11) is 3.12. The van der Waals surface area contributed by atoms with Gasteiger partial charge in [0.15, 0.2) is 11.5 Å². The first-order chi connectivity index (χ1) is 13.6. The van der Waals surface area contributed by atoms with Gasteiger partial charge >= 0.3 is 0 Å². The predicted octanol–water partition coefficient (Wildman–Crippen LogP) is 3.42. The van der Waals surface area contributed by atoms with E-state index in [0.29, 0.717) is 17.1 Å². The Morgan fingerprint density at radius 2 is 1.79 bits per heavy atom. The highest BCUT2D eigenvalue weighted by atomic mass is 35.5. The summed E-state index contributed by atoms with van der Waals surface area (Å²) in [6, 6.07) is 4.87. The quantitative estimate of drug-likeness (QED) is 0.669. The van der Waals surface area contributed by atoms with Crippen LogP contribution in [0.5, 0.6) is 11.5 Å². The summed E-state index contributed by atoms with van der Waals surface area (Å²) in [5.74, 6) is 0.605. The van der Waals surface area contributed by atoms with Crippen molar-refractivity contribution >= 4 is 23.4 Å². The van der Waals surface area contributed by atoms with Crippen LogP contribution in [0, 0.1) is 0 Å². The summed E-state index contributed by atoms with van der Waals surface area (Å²) in [6.07, 6.45) is 7.21. The van der Waals surface area contributed by atoms with Gasteiger partial charge in [0.05, 0.1) is 14.2 Å². The first kappa shape index (κ1) is 20.8. The first-order valence-corrected chi connectivity index (χ1v) is 10.5. The highest BCUT2D eigenvalue weighted by Crippen LogP contribution is 2.38. The Labute approximate surface area is 171 Å². The average Bonchev–Trinajstić information content (AvgIpc) is 3.56. The maximum atomic E-state index is 13.3. The lowest BCUT2D eigenvalue weighted by atomic mass is 9.94. The van der Waals surface area contributed by atoms with E-state index in [2.05, 4.69) is 5.32 Å². The summed E-state index contributed by atoms with van der Waals surface area (Å²) in [5.41, 5.74) is 0.705. The first-order valence-electron chi connectivity index (χ1n) is 9.98. The molecule has 0 spiro atoms. The smallest absolute Gasteiger partial charge is 0.247 e. The summed E-state index contributed by atoms with van der Waals surface area (Å²) in [5, 5.41) is 3.18. The van der Waals surface area contributed by atoms with Crippen molar-refractivity contribution in [1.29, 1.82) is 0 Å². The molecule has 0 radical (unpaired) electrons. The van der Waals surface area contributed by atoms with E-state index in [-0.39, 0.29) is 29.8 Å². The number of halogens is 1. The third-order valence-electron chi connectivity index (χ3n) is 5.54. The normalized spacial score (nSPS) is 18.2. The second-order valence-electron chi connectivity index (χ2n) is 7.53. The van der Waals surface area contributed by atoms with Crippen LogP contribution in [0.25, 0.3) is 0 Å². The number of ether oxygens (including phenoxy) is 2. The van der Waals surface area contributed by atoms with Crippen molar-refractivity contribution in [1.82, 2.24) is 10.2 Å². The molecule has 0 aliphatic heterocycles. The lowest BCUT2D eigenvalue weighted by Gasteiger charge is -2.33. The molecule has 2 fully saturated rings. The van der Waals surface area contributed by atoms with E-state index in [1.165, 1.54) is 6.42 Å². The molecule has 7 heteroatoms. The molecule has 0 heterocycles. The summed E-state index contributed by atoms with van der Waals surface area (Å²) in [4.78, 5) is 27.6. The van der Waals surface area contributed by atoms with Gasteiger partial charge in [0.1, 0.15) is 11.9 Å². The van der Waals surface area contributed by atoms with Gasteiger partial charge in [-0.05, 0) is 43.4 Å². The van der Waals surface area contributed by atoms with Crippen LogP contribution in [-0.2, 0) is 9.59 Å². The fourth-order valence-corrected chi connectivity index (χ4v) is 4.11. The van der Waals surface area contributed by atoms with E-state index < -0.39 is 6.04 Å². The molecule has 1 N–H and O–H groups in total. The standard InChI is InChI=1S/C21H29ClN2O4/c1-27-17-11-8-14(12-18(17)28-2)20(24(16-9-10-16)19(25)13-22)21(26)23-15-6-4-3-5-7-15/h8,11-12,15-16,20H,3-7,9-10,13H2,1-2H3,(H,23,26)/t20-/m0/s1. The lowest BCUT2D eigenvalue weighted by Crippen LogP contribution is -2.48. The number of alkyl halides is 1. The maximum absolute atomic E-state index is 13.3. The molecule has 0 bridgehead atoms. The molecule has 154 valence electrons. The number of rotatable bonds is 8. The molecular formula is C21H29ClN2O4. The number of amides is 2. The van der Waals surface area contributed by atoms with Crippen LogP contribution in [0.15, 0.2) is 18.2 Å². The van der Waals surface area contributed by atoms with Gasteiger partial charge in [0, 0.05) is 12.1 Å². The van der Waals surface area contributed by atoms with Gasteiger partial charge in [0.25, 0.3) is 0 Å². The van der Waals surface area contributed by atoms with E-state index in [4.69, 9.17) is 21.1 Å². The maximum Gasteiger partial charge on any atom is 0.247 e. The van der Waals surface area contributed by atoms with E-state index >= 15 is 0 Å². The molecule has 2 amide bonds. The lowest BCUT2D eigenvalue weighted by molar-refractivity contribution is -0.140. The Bertz CT molecular complexity index is 702. The number of carbonyl (C=O) groups is 2. The third-order valence-corrected chi connectivity index (χ3v) is 5.77. The Morgan fingerprint density at radius 1 is 1.11 bits per heavy atom. The Balaban J connectivity index is 1.93. The zero-order chi connectivity index (χ0) is 20.1. The number of nitrogens with one attached hydrogen (secondary N) is 1. The van der Waals surface area contributed by atoms with Crippen molar-refractivity contribution in [2.75, 3.05) is 20.1 Å². The van der Waals surface area contributed by atoms with Crippen LogP contribution in [0.3, 0.4) is 0 Å². The Hall–Kier alpha value is -1.95. The number of benzene rings is 1. The minimum atomic E-state index is -0.722. The van der Waals surface area contributed by atoms with Crippen LogP contribution < -0.4 is 14.8 Å². The number of nitrogens with zero attached hydrogens (tertiary/aromatic N) is 1. The average molecular weight is 409 g/mol. The predicted molar refractivity (Wildman–Crippen MR) is 108 cm³/mol. The third kappa shape index (κ3) is 4.72. The molecule has 0 saturated heterocycles. The molecule has 1 aromatic rings. The molecule has 3 rings (SSSR count). The van der Waals surface area contributed by atoms with Gasteiger partial charge in [-0.2, -0.15) is 0 Å². The van der Waals surface area contributed by atoms with Crippen molar-refractivity contribution in [3.8, 4) is 11.5 Å². The van der Waals surface area contributed by atoms with E-state index in [9.17, 15) is 9.59 Å². The molecular weight excluding hydrogens is 380 g/mol. The second kappa shape index (κ2) is 9.50. The number of hydrogen-bond acceptors (Lipinski definition) is 4. The van der Waals surface area contributed by atoms with E-state index in [0.717, 1.165) is 38.5 Å². The van der Waals surface area contributed by atoms with Crippen LogP contribution in [0.2, 0.25) is 0 Å². The van der Waals surface area contributed by atoms with Crippen molar-refractivity contribution in [3.63, 3.8) is 0 Å². The number of carbonyl (C=O) groups excluding carboxylic acids is 2. The second-order valence-corrected chi connectivity index (χ2v) is 7.79. The molecule has 2 saturated carbocycles. The zero-order valence-corrected chi connectivity index (χ0v) is 17.3. The van der Waals surface area contributed by atoms with Crippen LogP contribution in [0.4, 0.5) is 0 Å². The molecule has 0 unspecified atom stereocenters. The molecule has 6 nitrogen and oxygen atoms in total. The molecule has 2 aliphatic carbocycles. The SMILES string of the molecule is COc1ccc([C@@H](C(=O)NC2CCCCC2)N(C(=O)CCl)C2CC2)cc1OC. The summed E-state index contributed by atoms with van der Waals surface area (Å²) < 4.78 is 10.7. The fourth-order valence-electron chi connectivity index (χ4n) is 3.97. The highest BCUT2D eigenvalue weighted by molar-refractivity contribution is 6.27. The number of hydrogen-bond donors (Lipinski definition) is 1. The number of methoxy groups -OCH3 is 2. The minimum Gasteiger partial charge on any atom is -0.493 e. The summed E-state index contributed by atoms with van der Waals surface area (Å²) >= 11 is 5.89. The van der Waals surface area contributed by atoms with E-state index in [1.807, 2.05) is 6.07 Å². The highest BCUT2D eigenvalue weighted by Gasteiger charge is 2.41. The summed E-state index contributed by atoms with van der Waals surface area (Å²) in [6.45, 7) is 0. The van der Waals surface area contributed by atoms with Crippen molar-refractivity contribution in [2.24, 2.45) is 0 Å². The topological polar surface area (TPSA) is 67.9 Å². The molecule has 1 aromatic carbocycles. The Kier molecular flexibility index (Phi) is 7.05. The van der Waals surface area contributed by atoms with Crippen molar-refractivity contribution in [3.05, 3.63) is 23.8 Å². The van der Waals surface area contributed by atoms with Gasteiger partial charge in [-0.15, -0.1) is 11.6 Å². The van der Waals surface area contributed by atoms with Crippen LogP contribution >= 0.6 is 11.6 Å². The van der Waals surface area contributed by atoms with Crippen molar-refractivity contribution in [2.45, 2.75) is 63.1 Å². The zero-order valence-electron chi connectivity index (χ0n) is 16.6. The van der Waals surface area contributed by atoms with Gasteiger partial charge < -0.3 is 19.7 Å². The molecule has 2 aliphatic rings. The largest absolute Gasteiger partial charge is 0.493 e. The molecule has 1 atom stereocenters. The van der Waals surface area contributed by atoms with Crippen LogP contribution in [0.1, 0.15) is 56.6 Å².